The molecule has 0 aliphatic carbocycles. The standard InChI is InChI=1S/C19H24N4O/c1-14(19-21-17-6-2-3-7-18(17)22-19)20-15-8-10-23(11-9-15)13-16-5-4-12-24-16/h2-7,12,14-15,20H,8-11,13H2,1H3,(H,21,22). The quantitative estimate of drug-likeness (QED) is 0.754. The zero-order valence-corrected chi connectivity index (χ0v) is 14.0. The topological polar surface area (TPSA) is 57.1 Å². The molecule has 2 N–H and O–H groups in total. The summed E-state index contributed by atoms with van der Waals surface area (Å²) in [5.74, 6) is 2.08. The highest BCUT2D eigenvalue weighted by molar-refractivity contribution is 5.74. The number of hydrogen-bond donors (Lipinski definition) is 2. The number of para-hydroxylation sites is 2. The second-order valence-electron chi connectivity index (χ2n) is 6.66. The number of hydrogen-bond acceptors (Lipinski definition) is 4. The van der Waals surface area contributed by atoms with Gasteiger partial charge in [-0.1, -0.05) is 12.1 Å². The summed E-state index contributed by atoms with van der Waals surface area (Å²) < 4.78 is 5.44. The van der Waals surface area contributed by atoms with Crippen LogP contribution >= 0.6 is 0 Å². The molecule has 0 radical (unpaired) electrons. The van der Waals surface area contributed by atoms with Crippen LogP contribution in [-0.2, 0) is 6.54 Å². The van der Waals surface area contributed by atoms with Gasteiger partial charge in [-0.25, -0.2) is 4.98 Å². The maximum atomic E-state index is 5.44. The molecular weight excluding hydrogens is 300 g/mol. The Morgan fingerprint density at radius 3 is 2.83 bits per heavy atom. The van der Waals surface area contributed by atoms with E-state index >= 15 is 0 Å². The van der Waals surface area contributed by atoms with E-state index in [1.54, 1.807) is 6.26 Å². The zero-order valence-electron chi connectivity index (χ0n) is 14.0. The van der Waals surface area contributed by atoms with Gasteiger partial charge in [0.1, 0.15) is 11.6 Å². The summed E-state index contributed by atoms with van der Waals surface area (Å²) >= 11 is 0. The van der Waals surface area contributed by atoms with Crippen molar-refractivity contribution < 1.29 is 4.42 Å². The molecule has 4 rings (SSSR count). The number of piperidine rings is 1. The third-order valence-electron chi connectivity index (χ3n) is 4.85. The molecule has 1 unspecified atom stereocenters. The van der Waals surface area contributed by atoms with Crippen LogP contribution in [0.1, 0.15) is 37.4 Å². The second kappa shape index (κ2) is 6.79. The summed E-state index contributed by atoms with van der Waals surface area (Å²) in [7, 11) is 0. The maximum Gasteiger partial charge on any atom is 0.124 e. The van der Waals surface area contributed by atoms with Gasteiger partial charge in [-0.05, 0) is 44.0 Å². The first kappa shape index (κ1) is 15.4. The zero-order chi connectivity index (χ0) is 16.4. The van der Waals surface area contributed by atoms with Gasteiger partial charge in [0.2, 0.25) is 0 Å². The molecule has 3 aromatic rings. The summed E-state index contributed by atoms with van der Waals surface area (Å²) in [6.45, 7) is 5.31. The molecule has 126 valence electrons. The van der Waals surface area contributed by atoms with Crippen molar-refractivity contribution in [2.24, 2.45) is 0 Å². The van der Waals surface area contributed by atoms with Crippen LogP contribution in [0.2, 0.25) is 0 Å². The molecule has 2 aromatic heterocycles. The molecule has 0 bridgehead atoms. The number of aromatic nitrogens is 2. The average molecular weight is 324 g/mol. The molecule has 1 fully saturated rings. The van der Waals surface area contributed by atoms with Crippen molar-refractivity contribution in [3.8, 4) is 0 Å². The van der Waals surface area contributed by atoms with E-state index in [1.165, 1.54) is 0 Å². The molecular formula is C19H24N4O. The van der Waals surface area contributed by atoms with Crippen LogP contribution in [0.5, 0.6) is 0 Å². The lowest BCUT2D eigenvalue weighted by atomic mass is 10.0. The monoisotopic (exact) mass is 324 g/mol. The van der Waals surface area contributed by atoms with Gasteiger partial charge in [0, 0.05) is 19.1 Å². The fraction of sp³-hybridized carbons (Fsp3) is 0.421. The summed E-state index contributed by atoms with van der Waals surface area (Å²) in [5.41, 5.74) is 2.14. The second-order valence-corrected chi connectivity index (χ2v) is 6.66. The minimum atomic E-state index is 0.235. The van der Waals surface area contributed by atoms with E-state index in [-0.39, 0.29) is 6.04 Å². The number of rotatable bonds is 5. The summed E-state index contributed by atoms with van der Waals surface area (Å²) in [4.78, 5) is 10.6. The number of aromatic amines is 1. The SMILES string of the molecule is CC(NC1CCN(Cc2ccco2)CC1)c1nc2ccccc2[nH]1. The Morgan fingerprint density at radius 1 is 1.25 bits per heavy atom. The molecule has 0 spiro atoms. The third-order valence-corrected chi connectivity index (χ3v) is 4.85. The Bertz CT molecular complexity index is 739. The lowest BCUT2D eigenvalue weighted by molar-refractivity contribution is 0.173. The van der Waals surface area contributed by atoms with Gasteiger partial charge in [0.15, 0.2) is 0 Å². The van der Waals surface area contributed by atoms with Gasteiger partial charge < -0.3 is 14.7 Å². The minimum Gasteiger partial charge on any atom is -0.468 e. The molecule has 1 aromatic carbocycles. The number of furan rings is 1. The molecule has 3 heterocycles. The van der Waals surface area contributed by atoms with E-state index in [4.69, 9.17) is 9.40 Å². The molecule has 1 aliphatic heterocycles. The molecule has 1 aliphatic rings. The van der Waals surface area contributed by atoms with Gasteiger partial charge in [-0.15, -0.1) is 0 Å². The number of likely N-dealkylation sites (tertiary alicyclic amines) is 1. The van der Waals surface area contributed by atoms with Crippen LogP contribution in [0.15, 0.2) is 47.1 Å². The Hall–Kier alpha value is -2.11. The average Bonchev–Trinajstić information content (AvgIpc) is 3.25. The van der Waals surface area contributed by atoms with E-state index in [2.05, 4.69) is 34.3 Å². The largest absolute Gasteiger partial charge is 0.468 e. The number of nitrogens with one attached hydrogen (secondary N) is 2. The summed E-state index contributed by atoms with van der Waals surface area (Å²) in [6, 6.07) is 13.0. The normalized spacial score (nSPS) is 18.2. The fourth-order valence-electron chi connectivity index (χ4n) is 3.49. The van der Waals surface area contributed by atoms with Crippen LogP contribution in [0, 0.1) is 0 Å². The Labute approximate surface area is 142 Å². The van der Waals surface area contributed by atoms with Crippen LogP contribution < -0.4 is 5.32 Å². The van der Waals surface area contributed by atoms with Gasteiger partial charge in [-0.3, -0.25) is 4.90 Å². The Balaban J connectivity index is 1.31. The smallest absolute Gasteiger partial charge is 0.124 e. The van der Waals surface area contributed by atoms with Crippen molar-refractivity contribution in [1.82, 2.24) is 20.2 Å². The lowest BCUT2D eigenvalue weighted by Gasteiger charge is -2.33. The highest BCUT2D eigenvalue weighted by atomic mass is 16.3. The molecule has 0 saturated carbocycles. The highest BCUT2D eigenvalue weighted by Gasteiger charge is 2.22. The van der Waals surface area contributed by atoms with Gasteiger partial charge >= 0.3 is 0 Å². The first-order chi connectivity index (χ1) is 11.8. The minimum absolute atomic E-state index is 0.235. The summed E-state index contributed by atoms with van der Waals surface area (Å²) in [6.07, 6.45) is 4.06. The predicted molar refractivity (Wildman–Crippen MR) is 94.7 cm³/mol. The van der Waals surface area contributed by atoms with Gasteiger partial charge in [-0.2, -0.15) is 0 Å². The third kappa shape index (κ3) is 3.37. The maximum absolute atomic E-state index is 5.44. The predicted octanol–water partition coefficient (Wildman–Crippen LogP) is 3.47. The number of H-pyrrole nitrogens is 1. The molecule has 0 amide bonds. The lowest BCUT2D eigenvalue weighted by Crippen LogP contribution is -2.43. The van der Waals surface area contributed by atoms with Crippen molar-refractivity contribution in [3.63, 3.8) is 0 Å². The van der Waals surface area contributed by atoms with Crippen LogP contribution in [0.25, 0.3) is 11.0 Å². The van der Waals surface area contributed by atoms with E-state index < -0.39 is 0 Å². The van der Waals surface area contributed by atoms with Crippen LogP contribution in [-0.4, -0.2) is 34.0 Å². The van der Waals surface area contributed by atoms with Crippen LogP contribution in [0.4, 0.5) is 0 Å². The van der Waals surface area contributed by atoms with Crippen molar-refractivity contribution in [2.75, 3.05) is 13.1 Å². The Kier molecular flexibility index (Phi) is 4.36. The fourth-order valence-corrected chi connectivity index (χ4v) is 3.49. The highest BCUT2D eigenvalue weighted by Crippen LogP contribution is 2.19. The van der Waals surface area contributed by atoms with Crippen molar-refractivity contribution in [2.45, 2.75) is 38.4 Å². The molecule has 1 atom stereocenters. The van der Waals surface area contributed by atoms with Crippen molar-refractivity contribution in [1.29, 1.82) is 0 Å². The number of nitrogens with zero attached hydrogens (tertiary/aromatic N) is 2. The van der Waals surface area contributed by atoms with E-state index in [1.807, 2.05) is 24.3 Å². The van der Waals surface area contributed by atoms with Gasteiger partial charge in [0.25, 0.3) is 0 Å². The number of benzene rings is 1. The first-order valence-corrected chi connectivity index (χ1v) is 8.73. The van der Waals surface area contributed by atoms with E-state index in [9.17, 15) is 0 Å². The first-order valence-electron chi connectivity index (χ1n) is 8.73. The van der Waals surface area contributed by atoms with Crippen molar-refractivity contribution >= 4 is 11.0 Å². The molecule has 1 saturated heterocycles. The van der Waals surface area contributed by atoms with Gasteiger partial charge in [0.05, 0.1) is 29.9 Å². The molecule has 5 nitrogen and oxygen atoms in total. The van der Waals surface area contributed by atoms with Crippen molar-refractivity contribution in [3.05, 3.63) is 54.2 Å². The number of fused-ring (bicyclic) bond motifs is 1. The molecule has 24 heavy (non-hydrogen) atoms. The van der Waals surface area contributed by atoms with Crippen LogP contribution in [0.3, 0.4) is 0 Å². The van der Waals surface area contributed by atoms with E-state index in [0.29, 0.717) is 6.04 Å². The Morgan fingerprint density at radius 2 is 2.08 bits per heavy atom. The van der Waals surface area contributed by atoms with E-state index in [0.717, 1.165) is 55.1 Å². The summed E-state index contributed by atoms with van der Waals surface area (Å²) in [5, 5.41) is 3.73. The molecule has 5 heteroatoms. The number of imidazole rings is 1.